The number of fused-ring (bicyclic) bond motifs is 1. The van der Waals surface area contributed by atoms with Crippen LogP contribution in [0.5, 0.6) is 0 Å². The van der Waals surface area contributed by atoms with Gasteiger partial charge in [-0.3, -0.25) is 4.99 Å². The van der Waals surface area contributed by atoms with Crippen LogP contribution in [0.2, 0.25) is 0 Å². The quantitative estimate of drug-likeness (QED) is 0.236. The summed E-state index contributed by atoms with van der Waals surface area (Å²) in [6.07, 6.45) is 4.19. The average molecular weight is 591 g/mol. The van der Waals surface area contributed by atoms with Crippen molar-refractivity contribution in [2.24, 2.45) is 4.99 Å². The van der Waals surface area contributed by atoms with Crippen LogP contribution in [0.4, 0.5) is 15.4 Å². The maximum Gasteiger partial charge on any atom is 0.435 e. The molecule has 1 aromatic carbocycles. The van der Waals surface area contributed by atoms with E-state index in [1.807, 2.05) is 42.5 Å². The molecule has 2 amide bonds. The summed E-state index contributed by atoms with van der Waals surface area (Å²) in [5.41, 5.74) is 4.12. The van der Waals surface area contributed by atoms with Crippen molar-refractivity contribution in [3.8, 4) is 0 Å². The van der Waals surface area contributed by atoms with E-state index in [0.717, 1.165) is 41.0 Å². The van der Waals surface area contributed by atoms with Crippen LogP contribution in [0, 0.1) is 5.41 Å². The van der Waals surface area contributed by atoms with Crippen LogP contribution in [-0.2, 0) is 20.8 Å². The van der Waals surface area contributed by atoms with Gasteiger partial charge in [0, 0.05) is 31.3 Å². The maximum absolute atomic E-state index is 13.2. The van der Waals surface area contributed by atoms with Gasteiger partial charge in [0.15, 0.2) is 5.82 Å². The molecule has 4 rings (SSSR count). The van der Waals surface area contributed by atoms with Gasteiger partial charge in [-0.15, -0.1) is 0 Å². The molecule has 11 heteroatoms. The van der Waals surface area contributed by atoms with Gasteiger partial charge in [0.1, 0.15) is 17.4 Å². The Balaban J connectivity index is 1.76. The number of aliphatic imine (C=N–C) groups is 1. The van der Waals surface area contributed by atoms with E-state index in [9.17, 15) is 9.59 Å². The van der Waals surface area contributed by atoms with Gasteiger partial charge in [-0.25, -0.2) is 20.0 Å². The first-order chi connectivity index (χ1) is 20.3. The molecule has 1 aliphatic heterocycles. The minimum atomic E-state index is -0.826. The van der Waals surface area contributed by atoms with Crippen LogP contribution in [0.1, 0.15) is 78.0 Å². The fraction of sp³-hybridized carbons (Fsp3) is 0.469. The third-order valence-electron chi connectivity index (χ3n) is 6.46. The molecule has 2 unspecified atom stereocenters. The molecular formula is C32H42N6O5. The zero-order valence-corrected chi connectivity index (χ0v) is 25.8. The monoisotopic (exact) mass is 590 g/mol. The lowest BCUT2D eigenvalue weighted by Crippen LogP contribution is -2.50. The molecular weight excluding hydrogens is 548 g/mol. The fourth-order valence-electron chi connectivity index (χ4n) is 4.62. The van der Waals surface area contributed by atoms with E-state index in [1.54, 1.807) is 53.8 Å². The molecule has 0 saturated carbocycles. The number of carbonyl (C=O) groups excluding carboxylic acids is 2. The second kappa shape index (κ2) is 13.4. The molecule has 1 fully saturated rings. The molecule has 0 spiro atoms. The Morgan fingerprint density at radius 3 is 2.47 bits per heavy atom. The van der Waals surface area contributed by atoms with E-state index in [-0.39, 0.29) is 12.0 Å². The lowest BCUT2D eigenvalue weighted by Gasteiger charge is -2.28. The van der Waals surface area contributed by atoms with Crippen LogP contribution in [0.3, 0.4) is 0 Å². The van der Waals surface area contributed by atoms with Gasteiger partial charge in [-0.2, -0.15) is 5.01 Å². The number of ether oxygens (including phenoxy) is 3. The highest BCUT2D eigenvalue weighted by Crippen LogP contribution is 2.28. The van der Waals surface area contributed by atoms with Crippen LogP contribution < -0.4 is 10.4 Å². The topological polar surface area (TPSA) is 131 Å². The number of rotatable bonds is 7. The Labute approximate surface area is 252 Å². The number of pyridine rings is 1. The Kier molecular flexibility index (Phi) is 9.85. The fourth-order valence-corrected chi connectivity index (χ4v) is 4.62. The number of hydrogen-bond donors (Lipinski definition) is 2. The number of aromatic nitrogens is 2. The Morgan fingerprint density at radius 1 is 1.12 bits per heavy atom. The number of benzene rings is 1. The number of hydrogen-bond acceptors (Lipinski definition) is 8. The summed E-state index contributed by atoms with van der Waals surface area (Å²) in [5, 5.41) is 9.19. The lowest BCUT2D eigenvalue weighted by atomic mass is 10.1. The van der Waals surface area contributed by atoms with Gasteiger partial charge < -0.3 is 24.2 Å². The smallest absolute Gasteiger partial charge is 0.435 e. The normalized spacial score (nSPS) is 16.6. The molecule has 1 aliphatic rings. The van der Waals surface area contributed by atoms with E-state index < -0.39 is 29.3 Å². The summed E-state index contributed by atoms with van der Waals surface area (Å²) in [7, 11) is 0. The van der Waals surface area contributed by atoms with Crippen LogP contribution in [-0.4, -0.2) is 58.2 Å². The summed E-state index contributed by atoms with van der Waals surface area (Å²) in [6.45, 7) is 11.6. The number of hydrazine groups is 1. The van der Waals surface area contributed by atoms with Gasteiger partial charge in [-0.05, 0) is 84.6 Å². The summed E-state index contributed by atoms with van der Waals surface area (Å²) < 4.78 is 18.8. The van der Waals surface area contributed by atoms with Gasteiger partial charge >= 0.3 is 12.2 Å². The van der Waals surface area contributed by atoms with Crippen LogP contribution in [0.25, 0.3) is 11.0 Å². The molecule has 3 aromatic rings. The van der Waals surface area contributed by atoms with E-state index >= 15 is 0 Å². The molecule has 0 aliphatic carbocycles. The second-order valence-corrected chi connectivity index (χ2v) is 12.5. The first kappa shape index (κ1) is 31.7. The Hall–Kier alpha value is -4.25. The molecule has 2 aromatic heterocycles. The minimum absolute atomic E-state index is 0.145. The highest BCUT2D eigenvalue weighted by molar-refractivity contribution is 5.93. The second-order valence-electron chi connectivity index (χ2n) is 12.5. The van der Waals surface area contributed by atoms with Crippen molar-refractivity contribution in [3.63, 3.8) is 0 Å². The molecule has 230 valence electrons. The van der Waals surface area contributed by atoms with Crippen molar-refractivity contribution in [1.29, 1.82) is 5.41 Å². The molecule has 3 heterocycles. The van der Waals surface area contributed by atoms with E-state index in [0.29, 0.717) is 18.7 Å². The maximum atomic E-state index is 13.2. The largest absolute Gasteiger partial charge is 0.443 e. The zero-order chi connectivity index (χ0) is 31.2. The molecule has 2 atom stereocenters. The number of nitrogens with one attached hydrogen (secondary N) is 2. The van der Waals surface area contributed by atoms with Crippen molar-refractivity contribution in [2.75, 3.05) is 11.6 Å². The van der Waals surface area contributed by atoms with E-state index in [4.69, 9.17) is 24.6 Å². The van der Waals surface area contributed by atoms with Crippen molar-refractivity contribution < 1.29 is 23.8 Å². The van der Waals surface area contributed by atoms with Crippen molar-refractivity contribution in [3.05, 3.63) is 59.8 Å². The Morgan fingerprint density at radius 2 is 1.84 bits per heavy atom. The molecule has 0 radical (unpaired) electrons. The predicted octanol–water partition coefficient (Wildman–Crippen LogP) is 6.60. The molecule has 0 bridgehead atoms. The van der Waals surface area contributed by atoms with Gasteiger partial charge in [-0.1, -0.05) is 30.3 Å². The number of anilines is 1. The zero-order valence-electron chi connectivity index (χ0n) is 25.8. The third kappa shape index (κ3) is 8.87. The van der Waals surface area contributed by atoms with Gasteiger partial charge in [0.05, 0.1) is 17.0 Å². The van der Waals surface area contributed by atoms with E-state index in [2.05, 4.69) is 15.0 Å². The summed E-state index contributed by atoms with van der Waals surface area (Å²) >= 11 is 0. The van der Waals surface area contributed by atoms with Gasteiger partial charge in [0.2, 0.25) is 0 Å². The molecule has 43 heavy (non-hydrogen) atoms. The van der Waals surface area contributed by atoms with Crippen molar-refractivity contribution >= 4 is 41.5 Å². The summed E-state index contributed by atoms with van der Waals surface area (Å²) in [5.74, 6) is -0.291. The van der Waals surface area contributed by atoms with Crippen molar-refractivity contribution in [2.45, 2.75) is 90.7 Å². The predicted molar refractivity (Wildman–Crippen MR) is 167 cm³/mol. The number of amides is 2. The first-order valence-corrected chi connectivity index (χ1v) is 14.6. The number of carbonyl (C=O) groups is 2. The first-order valence-electron chi connectivity index (χ1n) is 14.6. The van der Waals surface area contributed by atoms with Crippen LogP contribution >= 0.6 is 0 Å². The van der Waals surface area contributed by atoms with Crippen LogP contribution in [0.15, 0.2) is 53.5 Å². The van der Waals surface area contributed by atoms with Gasteiger partial charge in [0.25, 0.3) is 0 Å². The lowest BCUT2D eigenvalue weighted by molar-refractivity contribution is 0.0225. The highest BCUT2D eigenvalue weighted by atomic mass is 16.6. The average Bonchev–Trinajstić information content (AvgIpc) is 3.28. The highest BCUT2D eigenvalue weighted by Gasteiger charge is 2.29. The molecule has 11 nitrogen and oxygen atoms in total. The Bertz CT molecular complexity index is 1450. The third-order valence-corrected chi connectivity index (χ3v) is 6.46. The summed E-state index contributed by atoms with van der Waals surface area (Å²) in [4.78, 5) is 35.3. The SMILES string of the molecule is CC(C)(C)OC(=O)NN(C(=O)OC(C)(C)C)c1ccc2c(cc(C(C=N)C=NC3CCCCO3)n2Cc2ccccc2)n1. The molecule has 2 N–H and O–H groups in total. The van der Waals surface area contributed by atoms with Crippen molar-refractivity contribution in [1.82, 2.24) is 15.0 Å². The minimum Gasteiger partial charge on any atom is -0.443 e. The van der Waals surface area contributed by atoms with E-state index in [1.165, 1.54) is 6.21 Å². The molecule has 1 saturated heterocycles. The number of nitrogens with zero attached hydrogens (tertiary/aromatic N) is 4. The standard InChI is InChI=1S/C32H42N6O5/c1-31(2,3)42-29(39)36-38(30(40)43-32(4,5)6)27-16-15-25-24(35-27)18-26(37(25)21-22-12-8-7-9-13-22)23(19-33)20-34-28-14-10-11-17-41-28/h7-9,12-13,15-16,18-20,23,28,33H,10-11,14,17,21H2,1-6H3,(H,36,39). The summed E-state index contributed by atoms with van der Waals surface area (Å²) in [6, 6.07) is 15.4.